The summed E-state index contributed by atoms with van der Waals surface area (Å²) in [4.78, 5) is 27.0. The third kappa shape index (κ3) is 5.43. The van der Waals surface area contributed by atoms with Crippen molar-refractivity contribution in [1.29, 1.82) is 0 Å². The van der Waals surface area contributed by atoms with Gasteiger partial charge in [0.05, 0.1) is 19.3 Å². The Morgan fingerprint density at radius 1 is 1.14 bits per heavy atom. The molecule has 29 heavy (non-hydrogen) atoms. The number of carbonyl (C=O) groups is 2. The zero-order chi connectivity index (χ0) is 20.6. The van der Waals surface area contributed by atoms with Gasteiger partial charge >= 0.3 is 0 Å². The van der Waals surface area contributed by atoms with Gasteiger partial charge in [0, 0.05) is 25.1 Å². The molecule has 2 aromatic rings. The maximum atomic E-state index is 12.9. The van der Waals surface area contributed by atoms with E-state index in [-0.39, 0.29) is 37.3 Å². The first kappa shape index (κ1) is 21.0. The Labute approximate surface area is 171 Å². The topological polar surface area (TPSA) is 78.9 Å². The Hall–Kier alpha value is -2.70. The summed E-state index contributed by atoms with van der Waals surface area (Å²) < 4.78 is 5.68. The molecule has 1 saturated heterocycles. The van der Waals surface area contributed by atoms with E-state index in [2.05, 4.69) is 12.2 Å². The third-order valence-corrected chi connectivity index (χ3v) is 5.18. The average molecular weight is 396 g/mol. The number of nitrogens with one attached hydrogen (secondary N) is 1. The number of aliphatic hydroxyl groups is 1. The Bertz CT molecular complexity index is 825. The Kier molecular flexibility index (Phi) is 7.38. The molecule has 2 aromatic carbocycles. The Morgan fingerprint density at radius 2 is 1.93 bits per heavy atom. The molecule has 6 heteroatoms. The summed E-state index contributed by atoms with van der Waals surface area (Å²) in [5.74, 6) is -0.298. The minimum Gasteiger partial charge on any atom is -0.394 e. The number of anilines is 1. The molecule has 1 heterocycles. The van der Waals surface area contributed by atoms with Crippen molar-refractivity contribution < 1.29 is 19.4 Å². The molecule has 0 spiro atoms. The molecule has 2 amide bonds. The van der Waals surface area contributed by atoms with Crippen LogP contribution in [-0.2, 0) is 20.7 Å². The predicted molar refractivity (Wildman–Crippen MR) is 111 cm³/mol. The van der Waals surface area contributed by atoms with E-state index in [0.29, 0.717) is 13.2 Å². The van der Waals surface area contributed by atoms with Gasteiger partial charge in [-0.15, -0.1) is 0 Å². The van der Waals surface area contributed by atoms with E-state index in [1.54, 1.807) is 4.90 Å². The first-order chi connectivity index (χ1) is 14.1. The number of hydrogen-bond acceptors (Lipinski definition) is 4. The van der Waals surface area contributed by atoms with Crippen molar-refractivity contribution in [2.24, 2.45) is 0 Å². The van der Waals surface area contributed by atoms with Gasteiger partial charge in [-0.1, -0.05) is 49.4 Å². The number of benzene rings is 2. The van der Waals surface area contributed by atoms with Crippen molar-refractivity contribution in [1.82, 2.24) is 4.90 Å². The van der Waals surface area contributed by atoms with Crippen molar-refractivity contribution in [3.63, 3.8) is 0 Å². The van der Waals surface area contributed by atoms with E-state index >= 15 is 0 Å². The second-order valence-corrected chi connectivity index (χ2v) is 7.14. The van der Waals surface area contributed by atoms with E-state index < -0.39 is 6.10 Å². The first-order valence-electron chi connectivity index (χ1n) is 10.1. The van der Waals surface area contributed by atoms with Crippen LogP contribution >= 0.6 is 0 Å². The minimum absolute atomic E-state index is 0.109. The minimum atomic E-state index is -0.472. The van der Waals surface area contributed by atoms with E-state index in [1.807, 2.05) is 54.6 Å². The lowest BCUT2D eigenvalue weighted by Crippen LogP contribution is -2.49. The quantitative estimate of drug-likeness (QED) is 0.754. The standard InChI is InChI=1S/C23H28N2O4/c1-2-17-7-6-10-19(15-17)24-21(27)11-12-22(28)25-13-14-29-20(16-26)23(25)18-8-4-3-5-9-18/h3-10,15,20,23,26H,2,11-14,16H2,1H3,(H,24,27)/t20-,23-/m1/s1. The van der Waals surface area contributed by atoms with Crippen LogP contribution in [0, 0.1) is 0 Å². The van der Waals surface area contributed by atoms with Crippen LogP contribution in [-0.4, -0.2) is 47.7 Å². The maximum Gasteiger partial charge on any atom is 0.224 e. The molecule has 0 aromatic heterocycles. The van der Waals surface area contributed by atoms with Crippen LogP contribution in [0.4, 0.5) is 5.69 Å². The Morgan fingerprint density at radius 3 is 2.66 bits per heavy atom. The number of carbonyl (C=O) groups excluding carboxylic acids is 2. The lowest BCUT2D eigenvalue weighted by molar-refractivity contribution is -0.150. The molecule has 0 unspecified atom stereocenters. The van der Waals surface area contributed by atoms with Crippen molar-refractivity contribution in [3.05, 3.63) is 65.7 Å². The smallest absolute Gasteiger partial charge is 0.224 e. The molecule has 0 aliphatic carbocycles. The maximum absolute atomic E-state index is 12.9. The summed E-state index contributed by atoms with van der Waals surface area (Å²) in [5.41, 5.74) is 2.81. The highest BCUT2D eigenvalue weighted by atomic mass is 16.5. The number of amides is 2. The SMILES string of the molecule is CCc1cccc(NC(=O)CCC(=O)N2CCO[C@H](CO)[C@H]2c2ccccc2)c1. The first-order valence-corrected chi connectivity index (χ1v) is 10.1. The highest BCUT2D eigenvalue weighted by Crippen LogP contribution is 2.30. The molecule has 0 saturated carbocycles. The van der Waals surface area contributed by atoms with Gasteiger partial charge in [0.25, 0.3) is 0 Å². The monoisotopic (exact) mass is 396 g/mol. The van der Waals surface area contributed by atoms with Gasteiger partial charge < -0.3 is 20.1 Å². The molecule has 1 aliphatic heterocycles. The van der Waals surface area contributed by atoms with Crippen LogP contribution in [0.2, 0.25) is 0 Å². The summed E-state index contributed by atoms with van der Waals surface area (Å²) in [5, 5.41) is 12.6. The molecule has 154 valence electrons. The normalized spacial score (nSPS) is 19.0. The van der Waals surface area contributed by atoms with E-state index in [4.69, 9.17) is 4.74 Å². The largest absolute Gasteiger partial charge is 0.394 e. The molecule has 2 atom stereocenters. The van der Waals surface area contributed by atoms with Crippen LogP contribution < -0.4 is 5.32 Å². The number of aryl methyl sites for hydroxylation is 1. The number of nitrogens with zero attached hydrogens (tertiary/aromatic N) is 1. The van der Waals surface area contributed by atoms with Crippen LogP contribution in [0.5, 0.6) is 0 Å². The fourth-order valence-electron chi connectivity index (χ4n) is 3.67. The second-order valence-electron chi connectivity index (χ2n) is 7.14. The van der Waals surface area contributed by atoms with E-state index in [1.165, 1.54) is 0 Å². The summed E-state index contributed by atoms with van der Waals surface area (Å²) in [6.45, 7) is 2.70. The zero-order valence-electron chi connectivity index (χ0n) is 16.7. The highest BCUT2D eigenvalue weighted by molar-refractivity contribution is 5.93. The number of hydrogen-bond donors (Lipinski definition) is 2. The van der Waals surface area contributed by atoms with E-state index in [0.717, 1.165) is 23.2 Å². The molecular weight excluding hydrogens is 368 g/mol. The Balaban J connectivity index is 1.62. The van der Waals surface area contributed by atoms with Crippen molar-refractivity contribution in [2.75, 3.05) is 25.1 Å². The lowest BCUT2D eigenvalue weighted by Gasteiger charge is -2.41. The highest BCUT2D eigenvalue weighted by Gasteiger charge is 2.35. The van der Waals surface area contributed by atoms with Gasteiger partial charge in [-0.3, -0.25) is 9.59 Å². The van der Waals surface area contributed by atoms with Gasteiger partial charge in [0.2, 0.25) is 11.8 Å². The van der Waals surface area contributed by atoms with Gasteiger partial charge in [-0.05, 0) is 29.7 Å². The number of morpholine rings is 1. The summed E-state index contributed by atoms with van der Waals surface area (Å²) >= 11 is 0. The van der Waals surface area contributed by atoms with Crippen LogP contribution in [0.15, 0.2) is 54.6 Å². The molecule has 0 bridgehead atoms. The van der Waals surface area contributed by atoms with Crippen molar-refractivity contribution in [2.45, 2.75) is 38.3 Å². The molecule has 3 rings (SSSR count). The van der Waals surface area contributed by atoms with Crippen molar-refractivity contribution in [3.8, 4) is 0 Å². The average Bonchev–Trinajstić information content (AvgIpc) is 2.77. The van der Waals surface area contributed by atoms with Crippen LogP contribution in [0.1, 0.15) is 36.9 Å². The van der Waals surface area contributed by atoms with Gasteiger partial charge in [-0.2, -0.15) is 0 Å². The van der Waals surface area contributed by atoms with E-state index in [9.17, 15) is 14.7 Å². The third-order valence-electron chi connectivity index (χ3n) is 5.18. The number of aliphatic hydroxyl groups excluding tert-OH is 1. The fraction of sp³-hybridized carbons (Fsp3) is 0.391. The molecule has 6 nitrogen and oxygen atoms in total. The molecule has 1 aliphatic rings. The molecule has 0 radical (unpaired) electrons. The summed E-state index contributed by atoms with van der Waals surface area (Å²) in [6, 6.07) is 16.9. The zero-order valence-corrected chi connectivity index (χ0v) is 16.7. The fourth-order valence-corrected chi connectivity index (χ4v) is 3.67. The predicted octanol–water partition coefficient (Wildman–Crippen LogP) is 2.93. The van der Waals surface area contributed by atoms with Gasteiger partial charge in [0.15, 0.2) is 0 Å². The number of rotatable bonds is 7. The molecule has 1 fully saturated rings. The van der Waals surface area contributed by atoms with Gasteiger partial charge in [0.1, 0.15) is 6.10 Å². The molecular formula is C23H28N2O4. The molecule has 2 N–H and O–H groups in total. The van der Waals surface area contributed by atoms with Gasteiger partial charge in [-0.25, -0.2) is 0 Å². The summed E-state index contributed by atoms with van der Waals surface area (Å²) in [6.07, 6.45) is 0.644. The number of ether oxygens (including phenoxy) is 1. The summed E-state index contributed by atoms with van der Waals surface area (Å²) in [7, 11) is 0. The van der Waals surface area contributed by atoms with Crippen LogP contribution in [0.25, 0.3) is 0 Å². The lowest BCUT2D eigenvalue weighted by atomic mass is 9.98. The van der Waals surface area contributed by atoms with Crippen LogP contribution in [0.3, 0.4) is 0 Å². The van der Waals surface area contributed by atoms with Crippen molar-refractivity contribution >= 4 is 17.5 Å². The second kappa shape index (κ2) is 10.2.